The number of alkyl halides is 3. The van der Waals surface area contributed by atoms with Gasteiger partial charge in [0.25, 0.3) is 0 Å². The summed E-state index contributed by atoms with van der Waals surface area (Å²) in [7, 11) is 2.48. The molecule has 28 heavy (non-hydrogen) atoms. The molecule has 0 atom stereocenters. The predicted molar refractivity (Wildman–Crippen MR) is 95.6 cm³/mol. The van der Waals surface area contributed by atoms with Crippen LogP contribution in [0.25, 0.3) is 0 Å². The van der Waals surface area contributed by atoms with Gasteiger partial charge in [0.2, 0.25) is 21.9 Å². The molecule has 1 aromatic heterocycles. The summed E-state index contributed by atoms with van der Waals surface area (Å²) in [6, 6.07) is 4.44. The van der Waals surface area contributed by atoms with Crippen molar-refractivity contribution in [1.82, 2.24) is 19.7 Å². The molecule has 0 unspecified atom stereocenters. The lowest BCUT2D eigenvalue weighted by molar-refractivity contribution is -0.275. The molecule has 0 aliphatic rings. The van der Waals surface area contributed by atoms with Gasteiger partial charge in [0, 0.05) is 28.2 Å². The number of ether oxygens (including phenoxy) is 1. The second kappa shape index (κ2) is 8.14. The molecule has 0 aliphatic heterocycles. The van der Waals surface area contributed by atoms with Crippen LogP contribution in [0.1, 0.15) is 5.82 Å². The van der Waals surface area contributed by atoms with Crippen LogP contribution >= 0.6 is 0 Å². The molecule has 1 heterocycles. The molecule has 0 bridgehead atoms. The molecule has 2 aromatic rings. The van der Waals surface area contributed by atoms with E-state index < -0.39 is 27.0 Å². The number of hydrogen-bond donors (Lipinski definition) is 1. The molecule has 13 heteroatoms. The van der Waals surface area contributed by atoms with Crippen molar-refractivity contribution in [3.63, 3.8) is 0 Å². The minimum absolute atomic E-state index is 0.0974. The molecule has 0 saturated heterocycles. The first-order valence-corrected chi connectivity index (χ1v) is 9.31. The van der Waals surface area contributed by atoms with E-state index in [1.165, 1.54) is 12.1 Å². The number of hydrogen-bond acceptors (Lipinski definition) is 8. The summed E-state index contributed by atoms with van der Waals surface area (Å²) in [4.78, 5) is 15.0. The van der Waals surface area contributed by atoms with Gasteiger partial charge in [-0.25, -0.2) is 13.1 Å². The minimum atomic E-state index is -5.03. The molecular formula is C15H19F3N6O3S. The standard InChI is InChI=1S/C15H19F3N6O3S/c1-23(2)13-20-12(21-14(22-13)24(3)4)9-19-28(25,26)11-8-6-5-7-10(11)27-15(16,17)18/h5-8,19H,9H2,1-4H3. The highest BCUT2D eigenvalue weighted by atomic mass is 32.2. The Balaban J connectivity index is 2.30. The zero-order valence-corrected chi connectivity index (χ0v) is 16.3. The molecule has 0 spiro atoms. The first kappa shape index (κ1) is 21.6. The number of para-hydroxylation sites is 1. The topological polar surface area (TPSA) is 101 Å². The van der Waals surface area contributed by atoms with E-state index in [2.05, 4.69) is 24.4 Å². The molecule has 154 valence electrons. The van der Waals surface area contributed by atoms with Crippen molar-refractivity contribution >= 4 is 21.9 Å². The number of halogens is 3. The van der Waals surface area contributed by atoms with Crippen LogP contribution in [-0.2, 0) is 16.6 Å². The van der Waals surface area contributed by atoms with Gasteiger partial charge in [-0.1, -0.05) is 12.1 Å². The zero-order chi connectivity index (χ0) is 21.1. The third kappa shape index (κ3) is 5.66. The first-order chi connectivity index (χ1) is 12.9. The van der Waals surface area contributed by atoms with Gasteiger partial charge in [0.15, 0.2) is 5.82 Å². The Bertz CT molecular complexity index is 909. The van der Waals surface area contributed by atoms with Crippen molar-refractivity contribution in [2.45, 2.75) is 17.8 Å². The Morgan fingerprint density at radius 1 is 1.00 bits per heavy atom. The summed E-state index contributed by atoms with van der Waals surface area (Å²) >= 11 is 0. The van der Waals surface area contributed by atoms with Crippen molar-refractivity contribution in [1.29, 1.82) is 0 Å². The van der Waals surface area contributed by atoms with E-state index in [9.17, 15) is 21.6 Å². The first-order valence-electron chi connectivity index (χ1n) is 7.83. The van der Waals surface area contributed by atoms with Crippen molar-refractivity contribution < 1.29 is 26.3 Å². The molecule has 9 nitrogen and oxygen atoms in total. The van der Waals surface area contributed by atoms with E-state index in [0.717, 1.165) is 12.1 Å². The fraction of sp³-hybridized carbons (Fsp3) is 0.400. The molecule has 0 aliphatic carbocycles. The molecule has 0 fully saturated rings. The van der Waals surface area contributed by atoms with Crippen LogP contribution in [0.5, 0.6) is 5.75 Å². The maximum absolute atomic E-state index is 12.5. The van der Waals surface area contributed by atoms with E-state index in [1.54, 1.807) is 38.0 Å². The maximum atomic E-state index is 12.5. The lowest BCUT2D eigenvalue weighted by atomic mass is 10.3. The summed E-state index contributed by atoms with van der Waals surface area (Å²) in [5, 5.41) is 0. The molecule has 2 rings (SSSR count). The van der Waals surface area contributed by atoms with Gasteiger partial charge in [-0.15, -0.1) is 13.2 Å². The van der Waals surface area contributed by atoms with Gasteiger partial charge < -0.3 is 14.5 Å². The van der Waals surface area contributed by atoms with E-state index >= 15 is 0 Å². The second-order valence-electron chi connectivity index (χ2n) is 5.96. The Hall–Kier alpha value is -2.67. The van der Waals surface area contributed by atoms with E-state index in [4.69, 9.17) is 0 Å². The minimum Gasteiger partial charge on any atom is -0.404 e. The monoisotopic (exact) mass is 420 g/mol. The Kier molecular flexibility index (Phi) is 6.29. The number of rotatable bonds is 7. The zero-order valence-electron chi connectivity index (χ0n) is 15.5. The third-order valence-electron chi connectivity index (χ3n) is 3.24. The predicted octanol–water partition coefficient (Wildman–Crippen LogP) is 1.38. The molecule has 0 amide bonds. The lowest BCUT2D eigenvalue weighted by Crippen LogP contribution is -2.27. The quantitative estimate of drug-likeness (QED) is 0.717. The highest BCUT2D eigenvalue weighted by Gasteiger charge is 2.34. The average Bonchev–Trinajstić information content (AvgIpc) is 2.58. The van der Waals surface area contributed by atoms with Crippen LogP contribution in [0.3, 0.4) is 0 Å². The van der Waals surface area contributed by atoms with E-state index in [-0.39, 0.29) is 12.4 Å². The van der Waals surface area contributed by atoms with Crippen molar-refractivity contribution in [2.75, 3.05) is 38.0 Å². The Morgan fingerprint density at radius 3 is 2.04 bits per heavy atom. The van der Waals surface area contributed by atoms with Crippen LogP contribution < -0.4 is 19.3 Å². The van der Waals surface area contributed by atoms with Crippen LogP contribution in [0.4, 0.5) is 25.1 Å². The molecule has 1 aromatic carbocycles. The van der Waals surface area contributed by atoms with Crippen molar-refractivity contribution in [2.24, 2.45) is 0 Å². The number of nitrogens with zero attached hydrogens (tertiary/aromatic N) is 5. The van der Waals surface area contributed by atoms with Crippen molar-refractivity contribution in [3.8, 4) is 5.75 Å². The highest BCUT2D eigenvalue weighted by Crippen LogP contribution is 2.29. The van der Waals surface area contributed by atoms with Gasteiger partial charge >= 0.3 is 6.36 Å². The number of anilines is 2. The van der Waals surface area contributed by atoms with Gasteiger partial charge in [-0.05, 0) is 12.1 Å². The molecule has 1 N–H and O–H groups in total. The van der Waals surface area contributed by atoms with Crippen LogP contribution in [-0.4, -0.2) is 57.9 Å². The van der Waals surface area contributed by atoms with Crippen LogP contribution in [0.15, 0.2) is 29.2 Å². The second-order valence-corrected chi connectivity index (χ2v) is 7.69. The summed E-state index contributed by atoms with van der Waals surface area (Å²) in [6.45, 7) is -0.354. The smallest absolute Gasteiger partial charge is 0.404 e. The highest BCUT2D eigenvalue weighted by molar-refractivity contribution is 7.89. The van der Waals surface area contributed by atoms with Gasteiger partial charge in [0.05, 0.1) is 6.54 Å². The van der Waals surface area contributed by atoms with Gasteiger partial charge in [-0.2, -0.15) is 15.0 Å². The number of nitrogens with one attached hydrogen (secondary N) is 1. The number of aromatic nitrogens is 3. The number of benzene rings is 1. The summed E-state index contributed by atoms with van der Waals surface area (Å²) < 4.78 is 68.6. The van der Waals surface area contributed by atoms with E-state index in [0.29, 0.717) is 11.9 Å². The third-order valence-corrected chi connectivity index (χ3v) is 4.68. The average molecular weight is 420 g/mol. The summed E-state index contributed by atoms with van der Waals surface area (Å²) in [6.07, 6.45) is -5.03. The Labute approximate surface area is 160 Å². The summed E-state index contributed by atoms with van der Waals surface area (Å²) in [5.41, 5.74) is 0. The molecular weight excluding hydrogens is 401 g/mol. The summed E-state index contributed by atoms with van der Waals surface area (Å²) in [5.74, 6) is -0.135. The lowest BCUT2D eigenvalue weighted by Gasteiger charge is -2.17. The fourth-order valence-corrected chi connectivity index (χ4v) is 3.10. The van der Waals surface area contributed by atoms with Crippen LogP contribution in [0.2, 0.25) is 0 Å². The molecule has 0 radical (unpaired) electrons. The normalized spacial score (nSPS) is 12.0. The van der Waals surface area contributed by atoms with Crippen molar-refractivity contribution in [3.05, 3.63) is 30.1 Å². The van der Waals surface area contributed by atoms with Crippen LogP contribution in [0, 0.1) is 0 Å². The largest absolute Gasteiger partial charge is 0.573 e. The van der Waals surface area contributed by atoms with Gasteiger partial charge in [-0.3, -0.25) is 0 Å². The fourth-order valence-electron chi connectivity index (χ4n) is 1.99. The number of sulfonamides is 1. The maximum Gasteiger partial charge on any atom is 0.573 e. The molecule has 0 saturated carbocycles. The SMILES string of the molecule is CN(C)c1nc(CNS(=O)(=O)c2ccccc2OC(F)(F)F)nc(N(C)C)n1. The van der Waals surface area contributed by atoms with Gasteiger partial charge in [0.1, 0.15) is 10.6 Å². The Morgan fingerprint density at radius 2 is 1.54 bits per heavy atom. The van der Waals surface area contributed by atoms with E-state index in [1.807, 2.05) is 0 Å².